The molecule has 2 aromatic rings. The summed E-state index contributed by atoms with van der Waals surface area (Å²) in [5, 5.41) is 14.3. The number of nitrogens with zero attached hydrogens (tertiary/aromatic N) is 3. The molecule has 0 aliphatic carbocycles. The minimum Gasteiger partial charge on any atom is -0.494 e. The maximum absolute atomic E-state index is 14.6. The predicted octanol–water partition coefficient (Wildman–Crippen LogP) is 3.26. The van der Waals surface area contributed by atoms with Crippen molar-refractivity contribution < 1.29 is 28.4 Å². The zero-order valence-corrected chi connectivity index (χ0v) is 19.2. The monoisotopic (exact) mass is 458 g/mol. The Morgan fingerprint density at radius 2 is 1.70 bits per heavy atom. The van der Waals surface area contributed by atoms with E-state index in [9.17, 15) is 9.18 Å². The van der Waals surface area contributed by atoms with Crippen LogP contribution < -0.4 is 10.1 Å². The van der Waals surface area contributed by atoms with Crippen molar-refractivity contribution in [3.63, 3.8) is 0 Å². The van der Waals surface area contributed by atoms with Crippen LogP contribution in [0.1, 0.15) is 30.5 Å². The average molecular weight is 458 g/mol. The molecule has 2 rings (SSSR count). The van der Waals surface area contributed by atoms with Crippen LogP contribution in [0.3, 0.4) is 0 Å². The second-order valence-corrected chi connectivity index (χ2v) is 6.51. The van der Waals surface area contributed by atoms with Crippen molar-refractivity contribution in [2.24, 2.45) is 15.5 Å². The summed E-state index contributed by atoms with van der Waals surface area (Å²) in [6, 6.07) is 11.5. The van der Waals surface area contributed by atoms with Gasteiger partial charge < -0.3 is 24.6 Å². The maximum atomic E-state index is 14.6. The molecule has 0 bridgehead atoms. The van der Waals surface area contributed by atoms with Crippen LogP contribution in [0.5, 0.6) is 5.75 Å². The van der Waals surface area contributed by atoms with Crippen LogP contribution in [0.4, 0.5) is 4.39 Å². The Kier molecular flexibility index (Phi) is 9.81. The molecule has 0 saturated heterocycles. The Balaban J connectivity index is 2.27. The van der Waals surface area contributed by atoms with E-state index in [4.69, 9.17) is 19.2 Å². The van der Waals surface area contributed by atoms with E-state index in [0.29, 0.717) is 23.5 Å². The number of benzene rings is 2. The van der Waals surface area contributed by atoms with Gasteiger partial charge in [0.05, 0.1) is 6.61 Å². The molecule has 0 aliphatic rings. The number of carbonyl (C=O) groups is 1. The molecule has 0 radical (unpaired) electrons. The summed E-state index contributed by atoms with van der Waals surface area (Å²) in [7, 11) is 4.20. The molecule has 1 amide bonds. The summed E-state index contributed by atoms with van der Waals surface area (Å²) in [6.07, 6.45) is 0. The van der Waals surface area contributed by atoms with E-state index in [1.165, 1.54) is 33.4 Å². The van der Waals surface area contributed by atoms with Crippen molar-refractivity contribution in [1.82, 2.24) is 5.32 Å². The van der Waals surface area contributed by atoms with Gasteiger partial charge in [0.2, 0.25) is 0 Å². The summed E-state index contributed by atoms with van der Waals surface area (Å²) in [6.45, 7) is 3.86. The van der Waals surface area contributed by atoms with Gasteiger partial charge in [0, 0.05) is 29.8 Å². The van der Waals surface area contributed by atoms with Gasteiger partial charge in [0.1, 0.15) is 43.8 Å². The lowest BCUT2D eigenvalue weighted by molar-refractivity contribution is -0.114. The van der Waals surface area contributed by atoms with Gasteiger partial charge in [-0.15, -0.1) is 0 Å². The van der Waals surface area contributed by atoms with Crippen molar-refractivity contribution in [2.45, 2.75) is 20.5 Å². The predicted molar refractivity (Wildman–Crippen MR) is 123 cm³/mol. The highest BCUT2D eigenvalue weighted by molar-refractivity contribution is 6.47. The minimum atomic E-state index is -0.539. The molecule has 9 nitrogen and oxygen atoms in total. The quantitative estimate of drug-likeness (QED) is 0.411. The Morgan fingerprint density at radius 1 is 1.00 bits per heavy atom. The number of halogens is 1. The topological polar surface area (TPSA) is 103 Å². The molecule has 0 atom stereocenters. The highest BCUT2D eigenvalue weighted by atomic mass is 19.1. The van der Waals surface area contributed by atoms with Crippen LogP contribution >= 0.6 is 0 Å². The molecule has 0 saturated carbocycles. The zero-order valence-electron chi connectivity index (χ0n) is 19.2. The van der Waals surface area contributed by atoms with E-state index >= 15 is 0 Å². The van der Waals surface area contributed by atoms with E-state index in [1.807, 2.05) is 6.92 Å². The third kappa shape index (κ3) is 6.76. The summed E-state index contributed by atoms with van der Waals surface area (Å²) >= 11 is 0. The number of ether oxygens (including phenoxy) is 1. The molecular weight excluding hydrogens is 431 g/mol. The number of hydrogen-bond donors (Lipinski definition) is 1. The fourth-order valence-corrected chi connectivity index (χ4v) is 2.89. The van der Waals surface area contributed by atoms with Crippen molar-refractivity contribution in [1.29, 1.82) is 0 Å². The Bertz CT molecular complexity index is 1050. The number of rotatable bonds is 11. The first-order valence-corrected chi connectivity index (χ1v) is 10.1. The van der Waals surface area contributed by atoms with Crippen molar-refractivity contribution in [3.05, 3.63) is 65.0 Å². The first kappa shape index (κ1) is 25.3. The van der Waals surface area contributed by atoms with Crippen LogP contribution in [0.2, 0.25) is 0 Å². The Hall–Kier alpha value is -3.95. The molecular formula is C23H27FN4O5. The molecule has 0 aliphatic heterocycles. The minimum absolute atomic E-state index is 0.0132. The molecule has 0 heterocycles. The van der Waals surface area contributed by atoms with E-state index < -0.39 is 11.7 Å². The number of oxime groups is 3. The zero-order chi connectivity index (χ0) is 24.2. The smallest absolute Gasteiger partial charge is 0.273 e. The molecule has 0 unspecified atom stereocenters. The van der Waals surface area contributed by atoms with Crippen molar-refractivity contribution in [2.75, 3.05) is 27.9 Å². The number of nitrogens with one attached hydrogen (secondary N) is 1. The third-order valence-corrected chi connectivity index (χ3v) is 4.35. The lowest BCUT2D eigenvalue weighted by Gasteiger charge is -2.11. The van der Waals surface area contributed by atoms with E-state index in [0.717, 1.165) is 0 Å². The maximum Gasteiger partial charge on any atom is 0.273 e. The second kappa shape index (κ2) is 12.8. The van der Waals surface area contributed by atoms with Gasteiger partial charge in [-0.2, -0.15) is 0 Å². The number of likely N-dealkylation sites (N-methyl/N-ethyl adjacent to an activating group) is 1. The Morgan fingerprint density at radius 3 is 2.33 bits per heavy atom. The molecule has 0 spiro atoms. The van der Waals surface area contributed by atoms with E-state index in [2.05, 4.69) is 20.8 Å². The average Bonchev–Trinajstić information content (AvgIpc) is 2.81. The molecule has 176 valence electrons. The normalized spacial score (nSPS) is 12.2. The summed E-state index contributed by atoms with van der Waals surface area (Å²) in [5.74, 6) is -0.547. The van der Waals surface area contributed by atoms with Gasteiger partial charge in [-0.25, -0.2) is 4.39 Å². The molecule has 1 N–H and O–H groups in total. The lowest BCUT2D eigenvalue weighted by Crippen LogP contribution is -2.29. The van der Waals surface area contributed by atoms with Crippen LogP contribution in [0.15, 0.2) is 57.9 Å². The lowest BCUT2D eigenvalue weighted by atomic mass is 10.0. The summed E-state index contributed by atoms with van der Waals surface area (Å²) in [4.78, 5) is 27.4. The number of hydrogen-bond acceptors (Lipinski definition) is 8. The second-order valence-electron chi connectivity index (χ2n) is 6.51. The number of amides is 1. The van der Waals surface area contributed by atoms with Gasteiger partial charge in [-0.05, 0) is 26.0 Å². The SMILES string of the molecule is CCOc1ccc(C(=NOC)C(C)=NOCc2ccccc2C(=NOC)C(=O)NC)c(F)c1. The molecule has 33 heavy (non-hydrogen) atoms. The van der Waals surface area contributed by atoms with Gasteiger partial charge in [-0.3, -0.25) is 4.79 Å². The highest BCUT2D eigenvalue weighted by Gasteiger charge is 2.18. The van der Waals surface area contributed by atoms with Crippen LogP contribution in [-0.4, -0.2) is 50.9 Å². The van der Waals surface area contributed by atoms with Crippen molar-refractivity contribution >= 4 is 23.0 Å². The molecule has 2 aromatic carbocycles. The van der Waals surface area contributed by atoms with Crippen LogP contribution in [0, 0.1) is 5.82 Å². The first-order chi connectivity index (χ1) is 16.0. The van der Waals surface area contributed by atoms with Gasteiger partial charge in [0.25, 0.3) is 5.91 Å². The highest BCUT2D eigenvalue weighted by Crippen LogP contribution is 2.19. The van der Waals surface area contributed by atoms with E-state index in [1.54, 1.807) is 37.3 Å². The fourth-order valence-electron chi connectivity index (χ4n) is 2.89. The van der Waals surface area contributed by atoms with Crippen molar-refractivity contribution in [3.8, 4) is 5.75 Å². The fraction of sp³-hybridized carbons (Fsp3) is 0.304. The Labute approximate surface area is 191 Å². The first-order valence-electron chi connectivity index (χ1n) is 10.1. The van der Waals surface area contributed by atoms with Gasteiger partial charge in [0.15, 0.2) is 5.71 Å². The van der Waals surface area contributed by atoms with Gasteiger partial charge in [-0.1, -0.05) is 39.7 Å². The molecule has 10 heteroatoms. The van der Waals surface area contributed by atoms with Gasteiger partial charge >= 0.3 is 0 Å². The summed E-state index contributed by atoms with van der Waals surface area (Å²) < 4.78 is 20.0. The van der Waals surface area contributed by atoms with E-state index in [-0.39, 0.29) is 29.3 Å². The third-order valence-electron chi connectivity index (χ3n) is 4.35. The van der Waals surface area contributed by atoms with Crippen LogP contribution in [0.25, 0.3) is 0 Å². The molecule has 0 aromatic heterocycles. The number of carbonyl (C=O) groups excluding carboxylic acids is 1. The summed E-state index contributed by atoms with van der Waals surface area (Å²) in [5.41, 5.74) is 1.89. The standard InChI is InChI=1S/C23H27FN4O5/c1-6-32-17-11-12-19(20(24)13-17)21(27-30-4)15(2)26-33-14-16-9-7-8-10-18(16)22(28-31-5)23(29)25-3/h7-13H,6,14H2,1-5H3,(H,25,29). The molecule has 0 fully saturated rings. The largest absolute Gasteiger partial charge is 0.494 e. The van der Waals surface area contributed by atoms with Crippen LogP contribution in [-0.2, 0) is 25.9 Å².